The normalized spacial score (nSPS) is 14.1. The molecule has 0 radical (unpaired) electrons. The number of hydrogen-bond donors (Lipinski definition) is 2. The Labute approximate surface area is 217 Å². The second-order valence-corrected chi connectivity index (χ2v) is 9.34. The fraction of sp³-hybridized carbons (Fsp3) is 0.115. The smallest absolute Gasteiger partial charge is 0.269 e. The molecule has 1 saturated heterocycles. The molecule has 2 N–H and O–H groups in total. The highest BCUT2D eigenvalue weighted by atomic mass is 32.2. The van der Waals surface area contributed by atoms with Crippen molar-refractivity contribution in [2.45, 2.75) is 13.0 Å². The Balaban J connectivity index is 1.26. The number of benzene rings is 2. The Kier molecular flexibility index (Phi) is 8.43. The summed E-state index contributed by atoms with van der Waals surface area (Å²) < 4.78 is 6.18. The summed E-state index contributed by atoms with van der Waals surface area (Å²) in [4.78, 5) is 42.7. The van der Waals surface area contributed by atoms with Crippen LogP contribution in [0.25, 0.3) is 6.08 Å². The van der Waals surface area contributed by atoms with Crippen molar-refractivity contribution in [1.29, 1.82) is 0 Å². The lowest BCUT2D eigenvalue weighted by Gasteiger charge is -2.14. The van der Waals surface area contributed by atoms with Crippen LogP contribution < -0.4 is 15.6 Å². The number of hydrazine groups is 1. The Hall–Kier alpha value is -4.02. The van der Waals surface area contributed by atoms with E-state index in [9.17, 15) is 14.4 Å². The Morgan fingerprint density at radius 3 is 2.44 bits per heavy atom. The number of carbonyl (C=O) groups is 3. The third kappa shape index (κ3) is 6.77. The van der Waals surface area contributed by atoms with E-state index in [0.29, 0.717) is 21.4 Å². The molecule has 2 heterocycles. The van der Waals surface area contributed by atoms with E-state index in [1.165, 1.54) is 41.2 Å². The van der Waals surface area contributed by atoms with Crippen molar-refractivity contribution in [1.82, 2.24) is 20.7 Å². The summed E-state index contributed by atoms with van der Waals surface area (Å²) in [6.45, 7) is 0.574. The fourth-order valence-corrected chi connectivity index (χ4v) is 4.53. The zero-order valence-electron chi connectivity index (χ0n) is 19.0. The number of thioether (sulfide) groups is 1. The van der Waals surface area contributed by atoms with E-state index in [1.807, 2.05) is 54.6 Å². The first kappa shape index (κ1) is 25.1. The minimum absolute atomic E-state index is 0.0240. The third-order valence-electron chi connectivity index (χ3n) is 5.12. The van der Waals surface area contributed by atoms with Crippen LogP contribution in [0.15, 0.2) is 84.0 Å². The first-order chi connectivity index (χ1) is 17.5. The standard InChI is InChI=1S/C26H22N4O4S2/c31-23(28-29-24(32)20-10-13-27-14-11-20)12-15-30-25(33)22(36-26(30)35)16-18-6-8-21(9-7-18)34-17-19-4-2-1-3-5-19/h1-11,13-14,16H,12,15,17H2,(H,28,31)(H,29,32)/b22-16-. The van der Waals surface area contributed by atoms with Gasteiger partial charge in [0.1, 0.15) is 16.7 Å². The number of pyridine rings is 1. The quantitative estimate of drug-likeness (QED) is 0.266. The number of thiocarbonyl (C=S) groups is 1. The predicted molar refractivity (Wildman–Crippen MR) is 142 cm³/mol. The second kappa shape index (κ2) is 12.1. The Morgan fingerprint density at radius 1 is 1.00 bits per heavy atom. The minimum atomic E-state index is -0.462. The largest absolute Gasteiger partial charge is 0.489 e. The van der Waals surface area contributed by atoms with Crippen LogP contribution in [-0.4, -0.2) is 38.5 Å². The van der Waals surface area contributed by atoms with Gasteiger partial charge in [-0.3, -0.25) is 35.1 Å². The summed E-state index contributed by atoms with van der Waals surface area (Å²) in [5, 5.41) is 0. The molecule has 8 nitrogen and oxygen atoms in total. The van der Waals surface area contributed by atoms with E-state index in [2.05, 4.69) is 15.8 Å². The average molecular weight is 519 g/mol. The number of rotatable bonds is 8. The predicted octanol–water partition coefficient (Wildman–Crippen LogP) is 3.71. The van der Waals surface area contributed by atoms with Crippen molar-refractivity contribution in [2.75, 3.05) is 6.54 Å². The lowest BCUT2D eigenvalue weighted by molar-refractivity contribution is -0.124. The van der Waals surface area contributed by atoms with E-state index < -0.39 is 11.8 Å². The van der Waals surface area contributed by atoms with Crippen LogP contribution in [0.5, 0.6) is 5.75 Å². The number of amides is 3. The van der Waals surface area contributed by atoms with Crippen LogP contribution in [-0.2, 0) is 16.2 Å². The molecule has 10 heteroatoms. The zero-order chi connectivity index (χ0) is 25.3. The molecule has 0 unspecified atom stereocenters. The topological polar surface area (TPSA) is 101 Å². The van der Waals surface area contributed by atoms with Gasteiger partial charge in [-0.05, 0) is 41.5 Å². The second-order valence-electron chi connectivity index (χ2n) is 7.66. The maximum atomic E-state index is 12.8. The van der Waals surface area contributed by atoms with Gasteiger partial charge in [-0.1, -0.05) is 66.4 Å². The molecule has 1 aromatic heterocycles. The van der Waals surface area contributed by atoms with Crippen molar-refractivity contribution >= 4 is 52.1 Å². The maximum absolute atomic E-state index is 12.8. The van der Waals surface area contributed by atoms with Gasteiger partial charge < -0.3 is 4.74 Å². The van der Waals surface area contributed by atoms with Crippen LogP contribution in [0.1, 0.15) is 27.9 Å². The van der Waals surface area contributed by atoms with Gasteiger partial charge in [-0.2, -0.15) is 0 Å². The van der Waals surface area contributed by atoms with Gasteiger partial charge in [0.25, 0.3) is 11.8 Å². The highest BCUT2D eigenvalue weighted by Crippen LogP contribution is 2.32. The maximum Gasteiger partial charge on any atom is 0.269 e. The van der Waals surface area contributed by atoms with E-state index >= 15 is 0 Å². The molecule has 3 amide bonds. The Bertz CT molecular complexity index is 1280. The molecule has 36 heavy (non-hydrogen) atoms. The molecule has 0 bridgehead atoms. The van der Waals surface area contributed by atoms with E-state index in [-0.39, 0.29) is 18.9 Å². The first-order valence-corrected chi connectivity index (χ1v) is 12.2. The SMILES string of the molecule is O=C(CCN1C(=O)/C(=C/c2ccc(OCc3ccccc3)cc2)SC1=S)NNC(=O)c1ccncc1. The van der Waals surface area contributed by atoms with Crippen LogP contribution in [0, 0.1) is 0 Å². The number of nitrogens with one attached hydrogen (secondary N) is 2. The number of nitrogens with zero attached hydrogens (tertiary/aromatic N) is 2. The van der Waals surface area contributed by atoms with Crippen molar-refractivity contribution < 1.29 is 19.1 Å². The summed E-state index contributed by atoms with van der Waals surface area (Å²) in [6, 6.07) is 20.4. The summed E-state index contributed by atoms with van der Waals surface area (Å²) >= 11 is 6.52. The molecular formula is C26H22N4O4S2. The van der Waals surface area contributed by atoms with Gasteiger partial charge in [0, 0.05) is 30.9 Å². The first-order valence-electron chi connectivity index (χ1n) is 11.0. The van der Waals surface area contributed by atoms with Gasteiger partial charge in [-0.25, -0.2) is 0 Å². The van der Waals surface area contributed by atoms with Crippen LogP contribution in [0.3, 0.4) is 0 Å². The van der Waals surface area contributed by atoms with Crippen molar-refractivity contribution in [3.8, 4) is 5.75 Å². The number of ether oxygens (including phenoxy) is 1. The molecule has 0 spiro atoms. The van der Waals surface area contributed by atoms with Gasteiger partial charge in [0.15, 0.2) is 0 Å². The van der Waals surface area contributed by atoms with E-state index in [1.54, 1.807) is 6.08 Å². The molecule has 1 aliphatic rings. The van der Waals surface area contributed by atoms with Gasteiger partial charge >= 0.3 is 0 Å². The van der Waals surface area contributed by atoms with Crippen molar-refractivity contribution in [2.24, 2.45) is 0 Å². The molecule has 182 valence electrons. The van der Waals surface area contributed by atoms with Crippen molar-refractivity contribution in [3.05, 3.63) is 101 Å². The summed E-state index contributed by atoms with van der Waals surface area (Å²) in [5.74, 6) is -0.439. The minimum Gasteiger partial charge on any atom is -0.489 e. The summed E-state index contributed by atoms with van der Waals surface area (Å²) in [5.41, 5.74) is 6.94. The average Bonchev–Trinajstić information content (AvgIpc) is 3.18. The molecule has 0 saturated carbocycles. The fourth-order valence-electron chi connectivity index (χ4n) is 3.22. The van der Waals surface area contributed by atoms with Crippen LogP contribution >= 0.6 is 24.0 Å². The lowest BCUT2D eigenvalue weighted by Crippen LogP contribution is -2.43. The molecule has 1 fully saturated rings. The molecule has 4 rings (SSSR count). The number of aromatic nitrogens is 1. The summed E-state index contributed by atoms with van der Waals surface area (Å²) in [6.07, 6.45) is 4.69. The summed E-state index contributed by atoms with van der Waals surface area (Å²) in [7, 11) is 0. The van der Waals surface area contributed by atoms with Gasteiger partial charge in [0.2, 0.25) is 5.91 Å². The van der Waals surface area contributed by atoms with Gasteiger partial charge in [-0.15, -0.1) is 0 Å². The molecule has 1 aliphatic heterocycles. The monoisotopic (exact) mass is 518 g/mol. The molecule has 0 atom stereocenters. The number of hydrogen-bond acceptors (Lipinski definition) is 7. The third-order valence-corrected chi connectivity index (χ3v) is 6.50. The van der Waals surface area contributed by atoms with Crippen molar-refractivity contribution in [3.63, 3.8) is 0 Å². The highest BCUT2D eigenvalue weighted by Gasteiger charge is 2.32. The zero-order valence-corrected chi connectivity index (χ0v) is 20.7. The molecule has 0 aliphatic carbocycles. The Morgan fingerprint density at radius 2 is 1.72 bits per heavy atom. The molecular weight excluding hydrogens is 496 g/mol. The van der Waals surface area contributed by atoms with E-state index in [0.717, 1.165) is 16.9 Å². The van der Waals surface area contributed by atoms with Crippen LogP contribution in [0.4, 0.5) is 0 Å². The molecule has 2 aromatic carbocycles. The van der Waals surface area contributed by atoms with E-state index in [4.69, 9.17) is 17.0 Å². The lowest BCUT2D eigenvalue weighted by atomic mass is 10.2. The van der Waals surface area contributed by atoms with Crippen LogP contribution in [0.2, 0.25) is 0 Å². The number of carbonyl (C=O) groups excluding carboxylic acids is 3. The molecule has 3 aromatic rings. The highest BCUT2D eigenvalue weighted by molar-refractivity contribution is 8.26. The van der Waals surface area contributed by atoms with Gasteiger partial charge in [0.05, 0.1) is 4.91 Å².